The van der Waals surface area contributed by atoms with Crippen LogP contribution in [0.3, 0.4) is 0 Å². The molecule has 148 valence electrons. The van der Waals surface area contributed by atoms with Crippen molar-refractivity contribution < 1.29 is 45.0 Å². The Hall–Kier alpha value is -1.32. The third-order valence-electron chi connectivity index (χ3n) is 5.60. The molecular weight excluding hydrogens is 373 g/mol. The van der Waals surface area contributed by atoms with Gasteiger partial charge in [0.1, 0.15) is 6.10 Å². The van der Waals surface area contributed by atoms with E-state index in [1.807, 2.05) is 0 Å². The lowest BCUT2D eigenvalue weighted by atomic mass is 9.76. The average Bonchev–Trinajstić information content (AvgIpc) is 3.09. The highest BCUT2D eigenvalue weighted by molar-refractivity contribution is 5.66. The van der Waals surface area contributed by atoms with E-state index >= 15 is 0 Å². The molecule has 2 aliphatic carbocycles. The van der Waals surface area contributed by atoms with Crippen LogP contribution < -0.4 is 0 Å². The van der Waals surface area contributed by atoms with Crippen LogP contribution in [0.4, 0.5) is 30.7 Å². The number of halogens is 7. The fourth-order valence-electron chi connectivity index (χ4n) is 4.17. The van der Waals surface area contributed by atoms with Gasteiger partial charge in [-0.25, -0.2) is 0 Å². The van der Waals surface area contributed by atoms with Crippen LogP contribution in [0.1, 0.15) is 26.7 Å². The van der Waals surface area contributed by atoms with E-state index in [0.29, 0.717) is 13.3 Å². The number of rotatable bonds is 2. The zero-order valence-electron chi connectivity index (χ0n) is 13.8. The molecule has 6 atom stereocenters. The summed E-state index contributed by atoms with van der Waals surface area (Å²) in [5, 5.41) is 0. The van der Waals surface area contributed by atoms with Gasteiger partial charge in [0.25, 0.3) is 0 Å². The number of allylic oxidation sites excluding steroid dienone is 2. The van der Waals surface area contributed by atoms with E-state index in [0.717, 1.165) is 0 Å². The molecule has 0 N–H and O–H groups in total. The summed E-state index contributed by atoms with van der Waals surface area (Å²) >= 11 is 0. The zero-order valence-corrected chi connectivity index (χ0v) is 13.8. The largest absolute Gasteiger partial charge is 0.449 e. The molecule has 6 unspecified atom stereocenters. The second-order valence-electron chi connectivity index (χ2n) is 7.30. The van der Waals surface area contributed by atoms with Crippen LogP contribution >= 0.6 is 0 Å². The maximum atomic E-state index is 14.8. The van der Waals surface area contributed by atoms with Crippen molar-refractivity contribution in [2.75, 3.05) is 0 Å². The van der Waals surface area contributed by atoms with Gasteiger partial charge in [0.15, 0.2) is 0 Å². The summed E-state index contributed by atoms with van der Waals surface area (Å²) in [5.41, 5.74) is -4.21. The number of ether oxygens (including phenoxy) is 2. The summed E-state index contributed by atoms with van der Waals surface area (Å²) in [4.78, 5) is 11.1. The number of hydrogen-bond acceptors (Lipinski definition) is 3. The van der Waals surface area contributed by atoms with Gasteiger partial charge in [-0.1, -0.05) is 12.2 Å². The highest BCUT2D eigenvalue weighted by Gasteiger charge is 2.82. The second kappa shape index (κ2) is 5.59. The molecule has 0 aromatic carbocycles. The summed E-state index contributed by atoms with van der Waals surface area (Å²) in [7, 11) is 0. The van der Waals surface area contributed by atoms with Crippen LogP contribution in [0.15, 0.2) is 12.2 Å². The molecule has 0 spiro atoms. The van der Waals surface area contributed by atoms with Crippen molar-refractivity contribution in [2.45, 2.75) is 62.5 Å². The first-order chi connectivity index (χ1) is 11.7. The number of carbonyl (C=O) groups is 1. The Kier molecular flexibility index (Phi) is 4.18. The number of alkyl halides is 7. The van der Waals surface area contributed by atoms with Crippen LogP contribution in [0.5, 0.6) is 0 Å². The Bertz CT molecular complexity index is 630. The fraction of sp³-hybridized carbons (Fsp3) is 0.812. The molecular formula is C16H17F7O3. The molecule has 1 heterocycles. The smallest absolute Gasteiger partial charge is 0.423 e. The van der Waals surface area contributed by atoms with Crippen molar-refractivity contribution in [2.24, 2.45) is 17.8 Å². The first-order valence-corrected chi connectivity index (χ1v) is 8.07. The van der Waals surface area contributed by atoms with Crippen LogP contribution in [-0.4, -0.2) is 41.8 Å². The topological polar surface area (TPSA) is 35.5 Å². The summed E-state index contributed by atoms with van der Waals surface area (Å²) in [6.07, 6.45) is -7.75. The molecule has 2 fully saturated rings. The molecule has 0 amide bonds. The quantitative estimate of drug-likeness (QED) is 0.404. The molecule has 10 heteroatoms. The Balaban J connectivity index is 2.08. The maximum absolute atomic E-state index is 14.8. The Morgan fingerprint density at radius 1 is 1.15 bits per heavy atom. The van der Waals surface area contributed by atoms with Gasteiger partial charge in [-0.2, -0.15) is 30.7 Å². The lowest BCUT2D eigenvalue weighted by Gasteiger charge is -2.53. The summed E-state index contributed by atoms with van der Waals surface area (Å²) in [6, 6.07) is 0. The van der Waals surface area contributed by atoms with Crippen LogP contribution in [0.2, 0.25) is 0 Å². The predicted molar refractivity (Wildman–Crippen MR) is 73.6 cm³/mol. The summed E-state index contributed by atoms with van der Waals surface area (Å²) < 4.78 is 107. The molecule has 0 aromatic rings. The number of fused-ring (bicyclic) bond motifs is 2. The number of carbonyl (C=O) groups excluding carboxylic acids is 1. The second-order valence-corrected chi connectivity index (χ2v) is 7.30. The van der Waals surface area contributed by atoms with E-state index in [-0.39, 0.29) is 19.3 Å². The molecule has 3 aliphatic rings. The lowest BCUT2D eigenvalue weighted by Crippen LogP contribution is -2.76. The van der Waals surface area contributed by atoms with Gasteiger partial charge < -0.3 is 9.47 Å². The minimum Gasteiger partial charge on any atom is -0.449 e. The minimum absolute atomic E-state index is 0.0226. The van der Waals surface area contributed by atoms with Gasteiger partial charge in [-0.15, -0.1) is 0 Å². The van der Waals surface area contributed by atoms with E-state index in [2.05, 4.69) is 9.47 Å². The summed E-state index contributed by atoms with van der Waals surface area (Å²) in [5.74, 6) is -12.8. The third kappa shape index (κ3) is 2.55. The average molecular weight is 390 g/mol. The molecule has 26 heavy (non-hydrogen) atoms. The van der Waals surface area contributed by atoms with Gasteiger partial charge in [0.2, 0.25) is 11.7 Å². The molecule has 1 saturated heterocycles. The van der Waals surface area contributed by atoms with Crippen LogP contribution in [0.25, 0.3) is 0 Å². The van der Waals surface area contributed by atoms with E-state index in [1.54, 1.807) is 12.2 Å². The summed E-state index contributed by atoms with van der Waals surface area (Å²) in [6.45, 7) is 0.608. The van der Waals surface area contributed by atoms with Gasteiger partial charge in [-0.05, 0) is 37.5 Å². The highest BCUT2D eigenvalue weighted by atomic mass is 19.4. The monoisotopic (exact) mass is 390 g/mol. The van der Waals surface area contributed by atoms with E-state index in [1.165, 1.54) is 0 Å². The molecule has 3 nitrogen and oxygen atoms in total. The van der Waals surface area contributed by atoms with Crippen molar-refractivity contribution in [1.82, 2.24) is 0 Å². The van der Waals surface area contributed by atoms with Crippen molar-refractivity contribution in [3.63, 3.8) is 0 Å². The van der Waals surface area contributed by atoms with Gasteiger partial charge in [-0.3, -0.25) is 4.79 Å². The Morgan fingerprint density at radius 3 is 2.19 bits per heavy atom. The molecule has 2 bridgehead atoms. The van der Waals surface area contributed by atoms with E-state index in [9.17, 15) is 35.5 Å². The molecule has 1 saturated carbocycles. The first kappa shape index (κ1) is 19.4. The number of hydrogen-bond donors (Lipinski definition) is 0. The fourth-order valence-corrected chi connectivity index (χ4v) is 4.17. The predicted octanol–water partition coefficient (Wildman–Crippen LogP) is 4.12. The Morgan fingerprint density at radius 2 is 1.77 bits per heavy atom. The lowest BCUT2D eigenvalue weighted by molar-refractivity contribution is -0.435. The van der Waals surface area contributed by atoms with Crippen molar-refractivity contribution >= 4 is 5.97 Å². The third-order valence-corrected chi connectivity index (χ3v) is 5.60. The SMILES string of the molecule is CC(=O)OC1C(F)(F)C(C2CC3C=CC2C3)OC(C)(C(F)(F)F)C1(F)F. The highest BCUT2D eigenvalue weighted by Crippen LogP contribution is 2.59. The molecule has 0 radical (unpaired) electrons. The Labute approximate surface area is 144 Å². The van der Waals surface area contributed by atoms with E-state index in [4.69, 9.17) is 0 Å². The molecule has 1 aliphatic heterocycles. The number of esters is 1. The minimum atomic E-state index is -5.66. The van der Waals surface area contributed by atoms with Gasteiger partial charge in [0, 0.05) is 6.92 Å². The molecule has 3 rings (SSSR count). The van der Waals surface area contributed by atoms with Crippen molar-refractivity contribution in [3.8, 4) is 0 Å². The maximum Gasteiger partial charge on any atom is 0.423 e. The van der Waals surface area contributed by atoms with Gasteiger partial charge in [0.05, 0.1) is 0 Å². The van der Waals surface area contributed by atoms with Crippen molar-refractivity contribution in [3.05, 3.63) is 12.2 Å². The van der Waals surface area contributed by atoms with E-state index < -0.39 is 53.6 Å². The van der Waals surface area contributed by atoms with Crippen molar-refractivity contribution in [1.29, 1.82) is 0 Å². The normalized spacial score (nSPS) is 43.5. The first-order valence-electron chi connectivity index (χ1n) is 8.07. The zero-order chi connectivity index (χ0) is 19.7. The van der Waals surface area contributed by atoms with Crippen LogP contribution in [0, 0.1) is 17.8 Å². The van der Waals surface area contributed by atoms with Crippen LogP contribution in [-0.2, 0) is 14.3 Å². The van der Waals surface area contributed by atoms with Gasteiger partial charge >= 0.3 is 24.0 Å². The molecule has 0 aromatic heterocycles. The standard InChI is InChI=1S/C16H17F7O3/c1-7(24)25-12-14(17,18)11(10-6-8-3-4-9(10)5-8)26-13(2,15(12,19)20)16(21,22)23/h3-4,8-12H,5-6H2,1-2H3.